The van der Waals surface area contributed by atoms with Crippen molar-refractivity contribution in [1.82, 2.24) is 9.80 Å². The van der Waals surface area contributed by atoms with E-state index < -0.39 is 0 Å². The maximum Gasteiger partial charge on any atom is 0.228 e. The van der Waals surface area contributed by atoms with E-state index in [1.54, 1.807) is 31.1 Å². The van der Waals surface area contributed by atoms with Crippen LogP contribution in [0.3, 0.4) is 0 Å². The van der Waals surface area contributed by atoms with Crippen LogP contribution in [0.2, 0.25) is 0 Å². The molecule has 6 heteroatoms. The number of nitrogens with zero attached hydrogens (tertiary/aromatic N) is 2. The summed E-state index contributed by atoms with van der Waals surface area (Å²) in [5.41, 5.74) is 1.94. The highest BCUT2D eigenvalue weighted by molar-refractivity contribution is 5.89. The molecule has 0 bridgehead atoms. The number of hydrogen-bond donors (Lipinski definition) is 0. The lowest BCUT2D eigenvalue weighted by Gasteiger charge is -2.26. The molecule has 2 unspecified atom stereocenters. The van der Waals surface area contributed by atoms with E-state index in [9.17, 15) is 9.59 Å². The van der Waals surface area contributed by atoms with Crippen LogP contribution in [0, 0.1) is 5.92 Å². The normalized spacial score (nSPS) is 17.2. The van der Waals surface area contributed by atoms with Crippen LogP contribution in [0.1, 0.15) is 30.5 Å². The molecule has 2 amide bonds. The molecule has 154 valence electrons. The molecule has 1 saturated heterocycles. The topological polar surface area (TPSA) is 59.1 Å². The minimum absolute atomic E-state index is 0.0204. The van der Waals surface area contributed by atoms with Crippen molar-refractivity contribution < 1.29 is 19.1 Å². The molecule has 29 heavy (non-hydrogen) atoms. The molecule has 1 aliphatic heterocycles. The molecule has 0 N–H and O–H groups in total. The Bertz CT molecular complexity index is 868. The van der Waals surface area contributed by atoms with Crippen LogP contribution in [-0.2, 0) is 16.1 Å². The largest absolute Gasteiger partial charge is 0.493 e. The monoisotopic (exact) mass is 396 g/mol. The Morgan fingerprint density at radius 2 is 1.86 bits per heavy atom. The molecular weight excluding hydrogens is 368 g/mol. The highest BCUT2D eigenvalue weighted by Crippen LogP contribution is 2.33. The van der Waals surface area contributed by atoms with E-state index in [-0.39, 0.29) is 30.2 Å². The number of hydrogen-bond acceptors (Lipinski definition) is 4. The molecule has 2 atom stereocenters. The van der Waals surface area contributed by atoms with Gasteiger partial charge in [0, 0.05) is 32.1 Å². The summed E-state index contributed by atoms with van der Waals surface area (Å²) in [6, 6.07) is 15.5. The fourth-order valence-corrected chi connectivity index (χ4v) is 3.91. The number of methoxy groups -OCH3 is 2. The van der Waals surface area contributed by atoms with Crippen LogP contribution >= 0.6 is 0 Å². The summed E-state index contributed by atoms with van der Waals surface area (Å²) in [4.78, 5) is 29.1. The third-order valence-corrected chi connectivity index (χ3v) is 5.53. The third kappa shape index (κ3) is 4.36. The van der Waals surface area contributed by atoms with Crippen LogP contribution in [0.25, 0.3) is 0 Å². The Kier molecular flexibility index (Phi) is 6.42. The first-order valence-electron chi connectivity index (χ1n) is 9.75. The summed E-state index contributed by atoms with van der Waals surface area (Å²) in [5.74, 6) is 0.898. The van der Waals surface area contributed by atoms with Gasteiger partial charge < -0.3 is 19.3 Å². The zero-order valence-corrected chi connectivity index (χ0v) is 17.4. The lowest BCUT2D eigenvalue weighted by molar-refractivity contribution is -0.135. The van der Waals surface area contributed by atoms with Crippen molar-refractivity contribution in [2.45, 2.75) is 25.9 Å². The molecule has 0 spiro atoms. The quantitative estimate of drug-likeness (QED) is 0.721. The van der Waals surface area contributed by atoms with E-state index >= 15 is 0 Å². The first kappa shape index (κ1) is 20.7. The molecule has 1 heterocycles. The zero-order valence-electron chi connectivity index (χ0n) is 17.4. The predicted octanol–water partition coefficient (Wildman–Crippen LogP) is 3.27. The number of benzene rings is 2. The predicted molar refractivity (Wildman–Crippen MR) is 111 cm³/mol. The van der Waals surface area contributed by atoms with Crippen molar-refractivity contribution in [2.75, 3.05) is 27.8 Å². The number of carbonyl (C=O) groups excluding carboxylic acids is 2. The minimum Gasteiger partial charge on any atom is -0.493 e. The molecule has 0 saturated carbocycles. The summed E-state index contributed by atoms with van der Waals surface area (Å²) < 4.78 is 10.8. The molecule has 3 rings (SSSR count). The van der Waals surface area contributed by atoms with Gasteiger partial charge in [0.05, 0.1) is 26.2 Å². The van der Waals surface area contributed by atoms with Crippen molar-refractivity contribution in [3.8, 4) is 11.5 Å². The maximum absolute atomic E-state index is 13.0. The average molecular weight is 396 g/mol. The maximum atomic E-state index is 13.0. The lowest BCUT2D eigenvalue weighted by Crippen LogP contribution is -2.35. The Morgan fingerprint density at radius 1 is 1.14 bits per heavy atom. The first-order valence-corrected chi connectivity index (χ1v) is 9.75. The van der Waals surface area contributed by atoms with Crippen molar-refractivity contribution in [1.29, 1.82) is 0 Å². The minimum atomic E-state index is -0.338. The van der Waals surface area contributed by atoms with Gasteiger partial charge in [-0.1, -0.05) is 42.5 Å². The zero-order chi connectivity index (χ0) is 21.0. The van der Waals surface area contributed by atoms with Gasteiger partial charge in [-0.2, -0.15) is 0 Å². The number of carbonyl (C=O) groups is 2. The van der Waals surface area contributed by atoms with Gasteiger partial charge in [0.25, 0.3) is 0 Å². The number of likely N-dealkylation sites (tertiary alicyclic amines) is 1. The molecule has 2 aromatic rings. The van der Waals surface area contributed by atoms with Crippen molar-refractivity contribution in [3.05, 3.63) is 59.7 Å². The van der Waals surface area contributed by atoms with Gasteiger partial charge in [-0.05, 0) is 18.6 Å². The smallest absolute Gasteiger partial charge is 0.228 e. The first-order chi connectivity index (χ1) is 14.0. The number of amides is 2. The van der Waals surface area contributed by atoms with Crippen molar-refractivity contribution in [2.24, 2.45) is 5.92 Å². The summed E-state index contributed by atoms with van der Waals surface area (Å²) >= 11 is 0. The van der Waals surface area contributed by atoms with Gasteiger partial charge in [-0.3, -0.25) is 9.59 Å². The lowest BCUT2D eigenvalue weighted by atomic mass is 10.1. The van der Waals surface area contributed by atoms with Crippen molar-refractivity contribution >= 4 is 11.8 Å². The van der Waals surface area contributed by atoms with Crippen molar-refractivity contribution in [3.63, 3.8) is 0 Å². The Hall–Kier alpha value is -3.02. The molecule has 1 aliphatic rings. The van der Waals surface area contributed by atoms with E-state index in [1.807, 2.05) is 55.5 Å². The van der Waals surface area contributed by atoms with Crippen LogP contribution in [0.15, 0.2) is 48.5 Å². The van der Waals surface area contributed by atoms with Gasteiger partial charge in [0.2, 0.25) is 11.8 Å². The van der Waals surface area contributed by atoms with Crippen LogP contribution in [0.5, 0.6) is 11.5 Å². The molecule has 0 aromatic heterocycles. The Balaban J connectivity index is 1.69. The van der Waals surface area contributed by atoms with Gasteiger partial charge in [-0.15, -0.1) is 0 Å². The van der Waals surface area contributed by atoms with E-state index in [2.05, 4.69) is 0 Å². The van der Waals surface area contributed by atoms with Gasteiger partial charge in [0.15, 0.2) is 11.5 Å². The molecule has 6 nitrogen and oxygen atoms in total. The number of para-hydroxylation sites is 1. The fourth-order valence-electron chi connectivity index (χ4n) is 3.91. The second-order valence-corrected chi connectivity index (χ2v) is 7.38. The molecule has 0 aliphatic carbocycles. The molecular formula is C23H28N2O4. The molecule has 1 fully saturated rings. The second-order valence-electron chi connectivity index (χ2n) is 7.38. The van der Waals surface area contributed by atoms with Crippen LogP contribution in [-0.4, -0.2) is 49.4 Å². The van der Waals surface area contributed by atoms with E-state index in [4.69, 9.17) is 9.47 Å². The third-order valence-electron chi connectivity index (χ3n) is 5.53. The number of ether oxygens (including phenoxy) is 2. The summed E-state index contributed by atoms with van der Waals surface area (Å²) in [6.07, 6.45) is 0.246. The standard InChI is InChI=1S/C23H28N2O4/c1-16(17-9-6-5-7-10-17)25-15-19(13-21(25)26)23(27)24(2)14-18-11-8-12-20(28-3)22(18)29-4/h5-12,16,19H,13-15H2,1-4H3. The number of rotatable bonds is 7. The summed E-state index contributed by atoms with van der Waals surface area (Å²) in [7, 11) is 4.93. The van der Waals surface area contributed by atoms with Gasteiger partial charge in [0.1, 0.15) is 0 Å². The summed E-state index contributed by atoms with van der Waals surface area (Å²) in [5, 5.41) is 0. The van der Waals surface area contributed by atoms with Crippen LogP contribution in [0.4, 0.5) is 0 Å². The molecule has 0 radical (unpaired) electrons. The average Bonchev–Trinajstić information content (AvgIpc) is 3.14. The van der Waals surface area contributed by atoms with Gasteiger partial charge in [-0.25, -0.2) is 0 Å². The SMILES string of the molecule is COc1cccc(CN(C)C(=O)C2CC(=O)N(C(C)c3ccccc3)C2)c1OC. The van der Waals surface area contributed by atoms with E-state index in [1.165, 1.54) is 0 Å². The van der Waals surface area contributed by atoms with E-state index in [0.29, 0.717) is 24.6 Å². The van der Waals surface area contributed by atoms with Crippen LogP contribution < -0.4 is 9.47 Å². The van der Waals surface area contributed by atoms with Gasteiger partial charge >= 0.3 is 0 Å². The highest BCUT2D eigenvalue weighted by atomic mass is 16.5. The van der Waals surface area contributed by atoms with E-state index in [0.717, 1.165) is 11.1 Å². The second kappa shape index (κ2) is 8.99. The highest BCUT2D eigenvalue weighted by Gasteiger charge is 2.38. The Labute approximate surface area is 172 Å². The molecule has 2 aromatic carbocycles. The summed E-state index contributed by atoms with van der Waals surface area (Å²) in [6.45, 7) is 2.83. The fraction of sp³-hybridized carbons (Fsp3) is 0.391. The Morgan fingerprint density at radius 3 is 2.52 bits per heavy atom.